The number of aliphatic hydroxyl groups excluding tert-OH is 2. The normalized spacial score (nSPS) is 26.7. The lowest BCUT2D eigenvalue weighted by Gasteiger charge is -2.18. The van der Waals surface area contributed by atoms with Gasteiger partial charge in [0.25, 0.3) is 0 Å². The van der Waals surface area contributed by atoms with Gasteiger partial charge >= 0.3 is 0 Å². The van der Waals surface area contributed by atoms with Crippen molar-refractivity contribution in [2.24, 2.45) is 5.92 Å². The van der Waals surface area contributed by atoms with Gasteiger partial charge in [-0.25, -0.2) is 9.97 Å². The Morgan fingerprint density at radius 3 is 2.89 bits per heavy atom. The minimum Gasteiger partial charge on any atom is -0.396 e. The summed E-state index contributed by atoms with van der Waals surface area (Å²) in [5.74, 6) is 0.961. The summed E-state index contributed by atoms with van der Waals surface area (Å²) >= 11 is 0. The van der Waals surface area contributed by atoms with Crippen LogP contribution in [0.1, 0.15) is 12.2 Å². The van der Waals surface area contributed by atoms with E-state index in [1.54, 1.807) is 6.20 Å². The molecule has 0 radical (unpaired) electrons. The molecular formula is C11H15N5O2. The highest BCUT2D eigenvalue weighted by atomic mass is 16.3. The number of aliphatic hydroxyl groups is 2. The van der Waals surface area contributed by atoms with Crippen LogP contribution in [0.2, 0.25) is 0 Å². The quantitative estimate of drug-likeness (QED) is 0.671. The Kier molecular flexibility index (Phi) is 2.29. The maximum atomic E-state index is 9.65. The van der Waals surface area contributed by atoms with Crippen LogP contribution >= 0.6 is 0 Å². The Bertz CT molecular complexity index is 611. The van der Waals surface area contributed by atoms with Crippen LogP contribution in [0.4, 0.5) is 5.95 Å². The summed E-state index contributed by atoms with van der Waals surface area (Å²) < 4.78 is 1.88. The van der Waals surface area contributed by atoms with Gasteiger partial charge in [0, 0.05) is 12.5 Å². The molecule has 3 rings (SSSR count). The Labute approximate surface area is 103 Å². The third-order valence-electron chi connectivity index (χ3n) is 3.73. The molecule has 0 aromatic carbocycles. The zero-order valence-electron chi connectivity index (χ0n) is 10.0. The second-order valence-corrected chi connectivity index (χ2v) is 4.78. The van der Waals surface area contributed by atoms with Crippen LogP contribution in [0.3, 0.4) is 0 Å². The molecule has 2 aromatic rings. The second-order valence-electron chi connectivity index (χ2n) is 4.78. The van der Waals surface area contributed by atoms with Crippen LogP contribution in [0, 0.1) is 12.8 Å². The minimum atomic E-state index is -0.492. The molecule has 7 nitrogen and oxygen atoms in total. The molecule has 2 atom stereocenters. The van der Waals surface area contributed by atoms with Crippen LogP contribution in [-0.4, -0.2) is 42.9 Å². The SMILES string of the molecule is Cc1nc2cnc(N)nc2n1[C@@]1(CO)C[C@H]1CO. The number of fused-ring (bicyclic) bond motifs is 1. The fraction of sp³-hybridized carbons (Fsp3) is 0.545. The lowest BCUT2D eigenvalue weighted by atomic mass is 10.2. The highest BCUT2D eigenvalue weighted by molar-refractivity contribution is 5.72. The van der Waals surface area contributed by atoms with Crippen molar-refractivity contribution in [2.75, 3.05) is 18.9 Å². The summed E-state index contributed by atoms with van der Waals surface area (Å²) in [5, 5.41) is 18.9. The Balaban J connectivity index is 2.22. The number of anilines is 1. The van der Waals surface area contributed by atoms with Gasteiger partial charge in [-0.05, 0) is 13.3 Å². The highest BCUT2D eigenvalue weighted by Gasteiger charge is 2.56. The Morgan fingerprint density at radius 2 is 2.28 bits per heavy atom. The molecule has 2 heterocycles. The molecule has 2 aromatic heterocycles. The van der Waals surface area contributed by atoms with Crippen molar-refractivity contribution < 1.29 is 10.2 Å². The first-order chi connectivity index (χ1) is 8.62. The first-order valence-corrected chi connectivity index (χ1v) is 5.82. The first kappa shape index (κ1) is 11.4. The van der Waals surface area contributed by atoms with Crippen molar-refractivity contribution in [2.45, 2.75) is 18.9 Å². The molecule has 0 amide bonds. The van der Waals surface area contributed by atoms with Crippen LogP contribution in [0.25, 0.3) is 11.2 Å². The minimum absolute atomic E-state index is 0.0368. The molecule has 1 aliphatic rings. The molecule has 1 fully saturated rings. The van der Waals surface area contributed by atoms with Crippen molar-refractivity contribution in [3.8, 4) is 0 Å². The van der Waals surface area contributed by atoms with E-state index in [0.29, 0.717) is 11.2 Å². The van der Waals surface area contributed by atoms with Crippen LogP contribution in [0.15, 0.2) is 6.20 Å². The summed E-state index contributed by atoms with van der Waals surface area (Å²) in [6, 6.07) is 0. The average molecular weight is 249 g/mol. The number of imidazole rings is 1. The monoisotopic (exact) mass is 249 g/mol. The van der Waals surface area contributed by atoms with Crippen molar-refractivity contribution in [3.05, 3.63) is 12.0 Å². The third-order valence-corrected chi connectivity index (χ3v) is 3.73. The predicted molar refractivity (Wildman–Crippen MR) is 64.7 cm³/mol. The first-order valence-electron chi connectivity index (χ1n) is 5.82. The fourth-order valence-electron chi connectivity index (χ4n) is 2.67. The largest absolute Gasteiger partial charge is 0.396 e. The molecule has 18 heavy (non-hydrogen) atoms. The number of hydrogen-bond donors (Lipinski definition) is 3. The smallest absolute Gasteiger partial charge is 0.222 e. The predicted octanol–water partition coefficient (Wildman–Crippen LogP) is -0.583. The van der Waals surface area contributed by atoms with Crippen LogP contribution in [-0.2, 0) is 5.54 Å². The van der Waals surface area contributed by atoms with Crippen molar-refractivity contribution >= 4 is 17.1 Å². The molecule has 0 aliphatic heterocycles. The summed E-state index contributed by atoms with van der Waals surface area (Å²) in [4.78, 5) is 12.5. The molecule has 0 bridgehead atoms. The number of aromatic nitrogens is 4. The maximum Gasteiger partial charge on any atom is 0.222 e. The molecule has 1 aliphatic carbocycles. The van der Waals surface area contributed by atoms with E-state index in [1.807, 2.05) is 11.5 Å². The third kappa shape index (κ3) is 1.34. The van der Waals surface area contributed by atoms with E-state index in [1.165, 1.54) is 0 Å². The topological polar surface area (TPSA) is 110 Å². The summed E-state index contributed by atoms with van der Waals surface area (Å²) in [7, 11) is 0. The van der Waals surface area contributed by atoms with Gasteiger partial charge in [-0.1, -0.05) is 0 Å². The molecule has 1 saturated carbocycles. The van der Waals surface area contributed by atoms with E-state index < -0.39 is 5.54 Å². The molecule has 0 spiro atoms. The van der Waals surface area contributed by atoms with Gasteiger partial charge in [0.05, 0.1) is 18.3 Å². The van der Waals surface area contributed by atoms with E-state index in [-0.39, 0.29) is 25.1 Å². The molecule has 96 valence electrons. The number of rotatable bonds is 3. The second kappa shape index (κ2) is 3.63. The number of hydrogen-bond acceptors (Lipinski definition) is 6. The van der Waals surface area contributed by atoms with Crippen LogP contribution in [0.5, 0.6) is 0 Å². The zero-order valence-corrected chi connectivity index (χ0v) is 10.0. The number of nitrogens with two attached hydrogens (primary N) is 1. The lowest BCUT2D eigenvalue weighted by molar-refractivity contribution is 0.176. The molecule has 7 heteroatoms. The van der Waals surface area contributed by atoms with Gasteiger partial charge in [0.15, 0.2) is 5.65 Å². The van der Waals surface area contributed by atoms with Gasteiger partial charge in [-0.3, -0.25) is 0 Å². The Hall–Kier alpha value is -1.73. The van der Waals surface area contributed by atoms with Gasteiger partial charge in [-0.2, -0.15) is 4.98 Å². The standard InChI is InChI=1S/C11H15N5O2/c1-6-14-8-3-13-10(12)15-9(8)16(6)11(5-18)2-7(11)4-17/h3,7,17-18H,2,4-5H2,1H3,(H2,12,13,15)/t7-,11+/m0/s1. The fourth-order valence-corrected chi connectivity index (χ4v) is 2.67. The molecular weight excluding hydrogens is 234 g/mol. The van der Waals surface area contributed by atoms with Crippen molar-refractivity contribution in [1.82, 2.24) is 19.5 Å². The maximum absolute atomic E-state index is 9.65. The van der Waals surface area contributed by atoms with Gasteiger partial charge in [0.2, 0.25) is 5.95 Å². The number of nitrogen functional groups attached to an aromatic ring is 1. The highest BCUT2D eigenvalue weighted by Crippen LogP contribution is 2.51. The van der Waals surface area contributed by atoms with Crippen molar-refractivity contribution in [3.63, 3.8) is 0 Å². The summed E-state index contributed by atoms with van der Waals surface area (Å²) in [5.41, 5.74) is 6.37. The average Bonchev–Trinajstić information content (AvgIpc) is 2.99. The lowest BCUT2D eigenvalue weighted by Crippen LogP contribution is -2.27. The molecule has 0 unspecified atom stereocenters. The van der Waals surface area contributed by atoms with E-state index in [9.17, 15) is 10.2 Å². The van der Waals surface area contributed by atoms with E-state index in [0.717, 1.165) is 12.2 Å². The zero-order chi connectivity index (χ0) is 12.9. The van der Waals surface area contributed by atoms with Crippen molar-refractivity contribution in [1.29, 1.82) is 0 Å². The van der Waals surface area contributed by atoms with Gasteiger partial charge in [-0.15, -0.1) is 0 Å². The van der Waals surface area contributed by atoms with E-state index >= 15 is 0 Å². The van der Waals surface area contributed by atoms with Gasteiger partial charge < -0.3 is 20.5 Å². The number of aryl methyl sites for hydroxylation is 1. The van der Waals surface area contributed by atoms with Crippen LogP contribution < -0.4 is 5.73 Å². The van der Waals surface area contributed by atoms with Gasteiger partial charge in [0.1, 0.15) is 11.3 Å². The summed E-state index contributed by atoms with van der Waals surface area (Å²) in [6.45, 7) is 1.84. The number of nitrogens with zero attached hydrogens (tertiary/aromatic N) is 4. The molecule has 0 saturated heterocycles. The molecule has 4 N–H and O–H groups in total. The van der Waals surface area contributed by atoms with E-state index in [4.69, 9.17) is 5.73 Å². The Morgan fingerprint density at radius 1 is 1.50 bits per heavy atom. The summed E-state index contributed by atoms with van der Waals surface area (Å²) in [6.07, 6.45) is 2.29. The van der Waals surface area contributed by atoms with E-state index in [2.05, 4.69) is 15.0 Å².